The van der Waals surface area contributed by atoms with E-state index in [9.17, 15) is 5.11 Å². The van der Waals surface area contributed by atoms with Gasteiger partial charge in [-0.3, -0.25) is 0 Å². The van der Waals surface area contributed by atoms with E-state index in [2.05, 4.69) is 69.1 Å². The summed E-state index contributed by atoms with van der Waals surface area (Å²) < 4.78 is 0. The van der Waals surface area contributed by atoms with Crippen molar-refractivity contribution in [3.63, 3.8) is 0 Å². The maximum absolute atomic E-state index is 10.4. The van der Waals surface area contributed by atoms with Gasteiger partial charge in [-0.25, -0.2) is 0 Å². The summed E-state index contributed by atoms with van der Waals surface area (Å²) in [7, 11) is 2.16. The first kappa shape index (κ1) is 17.6. The van der Waals surface area contributed by atoms with Crippen LogP contribution in [0, 0.1) is 6.92 Å². The van der Waals surface area contributed by atoms with Crippen LogP contribution >= 0.6 is 0 Å². The van der Waals surface area contributed by atoms with E-state index in [-0.39, 0.29) is 11.5 Å². The summed E-state index contributed by atoms with van der Waals surface area (Å²) in [5.74, 6) is 0.610. The highest BCUT2D eigenvalue weighted by Gasteiger charge is 2.22. The van der Waals surface area contributed by atoms with Crippen LogP contribution in [0.4, 0.5) is 0 Å². The van der Waals surface area contributed by atoms with Gasteiger partial charge in [0.15, 0.2) is 0 Å². The van der Waals surface area contributed by atoms with Crippen molar-refractivity contribution in [3.05, 3.63) is 65.2 Å². The largest absolute Gasteiger partial charge is 0.508 e. The predicted molar refractivity (Wildman–Crippen MR) is 98.1 cm³/mol. The van der Waals surface area contributed by atoms with Crippen molar-refractivity contribution in [2.45, 2.75) is 45.6 Å². The first-order valence-electron chi connectivity index (χ1n) is 8.34. The molecule has 1 atom stereocenters. The lowest BCUT2D eigenvalue weighted by Gasteiger charge is -2.33. The van der Waals surface area contributed by atoms with E-state index in [1.54, 1.807) is 0 Å². The summed E-state index contributed by atoms with van der Waals surface area (Å²) in [5.41, 5.74) is 3.51. The van der Waals surface area contributed by atoms with Gasteiger partial charge in [0, 0.05) is 17.0 Å². The molecule has 0 aromatic heterocycles. The molecule has 0 radical (unpaired) electrons. The van der Waals surface area contributed by atoms with Gasteiger partial charge in [-0.2, -0.15) is 0 Å². The molecular formula is C21H29NO. The number of hydrogen-bond donors (Lipinski definition) is 1. The molecule has 1 unspecified atom stereocenters. The number of benzene rings is 2. The maximum Gasteiger partial charge on any atom is 0.119 e. The van der Waals surface area contributed by atoms with Gasteiger partial charge in [0.1, 0.15) is 5.75 Å². The molecule has 2 rings (SSSR count). The topological polar surface area (TPSA) is 23.5 Å². The Labute approximate surface area is 140 Å². The molecule has 2 nitrogen and oxygen atoms in total. The number of phenols is 1. The fraction of sp³-hybridized carbons (Fsp3) is 0.429. The molecular weight excluding hydrogens is 282 g/mol. The molecule has 2 heteroatoms. The summed E-state index contributed by atoms with van der Waals surface area (Å²) >= 11 is 0. The lowest BCUT2D eigenvalue weighted by molar-refractivity contribution is 0.171. The second-order valence-electron chi connectivity index (χ2n) is 7.41. The van der Waals surface area contributed by atoms with Crippen LogP contribution in [-0.4, -0.2) is 29.1 Å². The van der Waals surface area contributed by atoms with Gasteiger partial charge >= 0.3 is 0 Å². The SMILES string of the molecule is Cc1ccc(C(CCN(C)C(C)(C)C)c2ccccc2)c(O)c1. The lowest BCUT2D eigenvalue weighted by Crippen LogP contribution is -2.39. The van der Waals surface area contributed by atoms with Crippen LogP contribution in [0.3, 0.4) is 0 Å². The third kappa shape index (κ3) is 4.59. The van der Waals surface area contributed by atoms with Crippen molar-refractivity contribution in [3.8, 4) is 5.75 Å². The molecule has 0 amide bonds. The van der Waals surface area contributed by atoms with E-state index in [4.69, 9.17) is 0 Å². The first-order valence-corrected chi connectivity index (χ1v) is 8.34. The van der Waals surface area contributed by atoms with Gasteiger partial charge in [-0.1, -0.05) is 42.5 Å². The van der Waals surface area contributed by atoms with Crippen molar-refractivity contribution in [1.29, 1.82) is 0 Å². The van der Waals surface area contributed by atoms with Crippen LogP contribution in [0.1, 0.15) is 49.8 Å². The fourth-order valence-corrected chi connectivity index (χ4v) is 2.79. The molecule has 1 N–H and O–H groups in total. The Morgan fingerprint density at radius 1 is 1.04 bits per heavy atom. The summed E-state index contributed by atoms with van der Waals surface area (Å²) in [6.07, 6.45) is 0.981. The van der Waals surface area contributed by atoms with E-state index in [1.165, 1.54) is 5.56 Å². The molecule has 0 fully saturated rings. The highest BCUT2D eigenvalue weighted by molar-refractivity contribution is 5.43. The molecule has 124 valence electrons. The Morgan fingerprint density at radius 2 is 1.70 bits per heavy atom. The zero-order valence-corrected chi connectivity index (χ0v) is 15.0. The summed E-state index contributed by atoms with van der Waals surface area (Å²) in [6, 6.07) is 16.5. The smallest absolute Gasteiger partial charge is 0.119 e. The van der Waals surface area contributed by atoms with Crippen LogP contribution in [0.15, 0.2) is 48.5 Å². The van der Waals surface area contributed by atoms with Crippen LogP contribution in [0.25, 0.3) is 0 Å². The van der Waals surface area contributed by atoms with Gasteiger partial charge in [0.05, 0.1) is 0 Å². The second-order valence-corrected chi connectivity index (χ2v) is 7.41. The van der Waals surface area contributed by atoms with Gasteiger partial charge in [0.25, 0.3) is 0 Å². The molecule has 0 heterocycles. The summed E-state index contributed by atoms with van der Waals surface area (Å²) in [5, 5.41) is 10.4. The average Bonchev–Trinajstić information content (AvgIpc) is 2.49. The molecule has 0 aliphatic heterocycles. The van der Waals surface area contributed by atoms with Crippen molar-refractivity contribution in [2.75, 3.05) is 13.6 Å². The van der Waals surface area contributed by atoms with Crippen LogP contribution in [0.5, 0.6) is 5.75 Å². The minimum atomic E-state index is 0.149. The molecule has 0 spiro atoms. The van der Waals surface area contributed by atoms with Crippen molar-refractivity contribution in [2.24, 2.45) is 0 Å². The van der Waals surface area contributed by atoms with Gasteiger partial charge < -0.3 is 10.0 Å². The molecule has 2 aromatic carbocycles. The predicted octanol–water partition coefficient (Wildman–Crippen LogP) is 4.95. The average molecular weight is 311 g/mol. The van der Waals surface area contributed by atoms with Crippen LogP contribution in [-0.2, 0) is 0 Å². The number of hydrogen-bond acceptors (Lipinski definition) is 2. The van der Waals surface area contributed by atoms with Crippen LogP contribution < -0.4 is 0 Å². The van der Waals surface area contributed by atoms with Crippen LogP contribution in [0.2, 0.25) is 0 Å². The second kappa shape index (κ2) is 7.18. The first-order chi connectivity index (χ1) is 10.8. The summed E-state index contributed by atoms with van der Waals surface area (Å²) in [4.78, 5) is 2.37. The Balaban J connectivity index is 2.30. The highest BCUT2D eigenvalue weighted by Crippen LogP contribution is 2.34. The Kier molecular flexibility index (Phi) is 5.48. The monoisotopic (exact) mass is 311 g/mol. The molecule has 0 aliphatic carbocycles. The number of nitrogens with zero attached hydrogens (tertiary/aromatic N) is 1. The molecule has 0 saturated carbocycles. The van der Waals surface area contributed by atoms with E-state index < -0.39 is 0 Å². The van der Waals surface area contributed by atoms with Crippen molar-refractivity contribution < 1.29 is 5.11 Å². The van der Waals surface area contributed by atoms with E-state index >= 15 is 0 Å². The van der Waals surface area contributed by atoms with Gasteiger partial charge in [0.2, 0.25) is 0 Å². The van der Waals surface area contributed by atoms with E-state index in [1.807, 2.05) is 19.1 Å². The number of aryl methyl sites for hydroxylation is 1. The molecule has 0 bridgehead atoms. The number of aromatic hydroxyl groups is 1. The fourth-order valence-electron chi connectivity index (χ4n) is 2.79. The number of phenolic OH excluding ortho intramolecular Hbond substituents is 1. The highest BCUT2D eigenvalue weighted by atomic mass is 16.3. The Hall–Kier alpha value is -1.80. The van der Waals surface area contributed by atoms with E-state index in [0.29, 0.717) is 5.75 Å². The third-order valence-electron chi connectivity index (χ3n) is 4.66. The minimum absolute atomic E-state index is 0.149. The quantitative estimate of drug-likeness (QED) is 0.844. The minimum Gasteiger partial charge on any atom is -0.508 e. The van der Waals surface area contributed by atoms with Gasteiger partial charge in [-0.15, -0.1) is 0 Å². The normalized spacial score (nSPS) is 13.3. The summed E-state index contributed by atoms with van der Waals surface area (Å²) in [6.45, 7) is 9.68. The molecule has 2 aromatic rings. The Bertz CT molecular complexity index is 628. The van der Waals surface area contributed by atoms with Crippen molar-refractivity contribution in [1.82, 2.24) is 4.90 Å². The van der Waals surface area contributed by atoms with E-state index in [0.717, 1.165) is 24.1 Å². The maximum atomic E-state index is 10.4. The lowest BCUT2D eigenvalue weighted by atomic mass is 9.87. The Morgan fingerprint density at radius 3 is 2.26 bits per heavy atom. The molecule has 0 saturated heterocycles. The molecule has 23 heavy (non-hydrogen) atoms. The van der Waals surface area contributed by atoms with Crippen molar-refractivity contribution >= 4 is 0 Å². The zero-order chi connectivity index (χ0) is 17.0. The standard InChI is InChI=1S/C21H29NO/c1-16-11-12-19(20(23)15-16)18(17-9-7-6-8-10-17)13-14-22(5)21(2,3)4/h6-12,15,18,23H,13-14H2,1-5H3. The molecule has 0 aliphatic rings. The zero-order valence-electron chi connectivity index (χ0n) is 15.0. The third-order valence-corrected chi connectivity index (χ3v) is 4.66. The van der Waals surface area contributed by atoms with Gasteiger partial charge in [-0.05, 0) is 64.9 Å². The number of rotatable bonds is 5.